The number of aryl methyl sites for hydroxylation is 1. The van der Waals surface area contributed by atoms with Crippen LogP contribution in [0.4, 0.5) is 0 Å². The molecule has 5 nitrogen and oxygen atoms in total. The molecule has 0 saturated carbocycles. The van der Waals surface area contributed by atoms with Gasteiger partial charge in [-0.05, 0) is 24.2 Å². The first-order valence-corrected chi connectivity index (χ1v) is 11.3. The van der Waals surface area contributed by atoms with Gasteiger partial charge >= 0.3 is 14.0 Å². The zero-order valence-corrected chi connectivity index (χ0v) is 16.9. The van der Waals surface area contributed by atoms with Crippen LogP contribution in [0.1, 0.15) is 26.2 Å². The summed E-state index contributed by atoms with van der Waals surface area (Å²) in [6, 6.07) is 9.03. The van der Waals surface area contributed by atoms with Crippen molar-refractivity contribution in [3.05, 3.63) is 24.3 Å². The van der Waals surface area contributed by atoms with Gasteiger partial charge in [-0.2, -0.15) is 4.57 Å². The first-order chi connectivity index (χ1) is 11.7. The van der Waals surface area contributed by atoms with Crippen LogP contribution in [0.5, 0.6) is 0 Å². The fourth-order valence-electron chi connectivity index (χ4n) is 2.65. The van der Waals surface area contributed by atoms with Crippen LogP contribution in [-0.4, -0.2) is 35.9 Å². The second-order valence-corrected chi connectivity index (χ2v) is 9.73. The fourth-order valence-corrected chi connectivity index (χ4v) is 5.59. The molecular formula is C17H28NO4SSi+. The molecule has 0 saturated heterocycles. The second kappa shape index (κ2) is 9.58. The third-order valence-corrected chi connectivity index (χ3v) is 7.97. The highest BCUT2D eigenvalue weighted by Gasteiger charge is 2.37. The van der Waals surface area contributed by atoms with Gasteiger partial charge in [0.15, 0.2) is 6.54 Å². The minimum Gasteiger partial charge on any atom is -0.393 e. The molecule has 0 radical (unpaired) electrons. The van der Waals surface area contributed by atoms with E-state index in [1.807, 2.05) is 12.1 Å². The lowest BCUT2D eigenvalue weighted by Gasteiger charge is -2.23. The van der Waals surface area contributed by atoms with Crippen LogP contribution in [0, 0.1) is 0 Å². The SMILES string of the molecule is CCCC[n+]1c(SCCC[Si](OC)(OC)OC)oc2ccccc21. The van der Waals surface area contributed by atoms with Gasteiger partial charge in [0, 0.05) is 45.6 Å². The molecule has 0 amide bonds. The topological polar surface area (TPSA) is 44.7 Å². The predicted molar refractivity (Wildman–Crippen MR) is 98.2 cm³/mol. The van der Waals surface area contributed by atoms with Gasteiger partial charge in [-0.1, -0.05) is 25.5 Å². The summed E-state index contributed by atoms with van der Waals surface area (Å²) in [6.45, 7) is 3.20. The van der Waals surface area contributed by atoms with Crippen LogP contribution in [0.2, 0.25) is 6.04 Å². The van der Waals surface area contributed by atoms with Crippen LogP contribution in [-0.2, 0) is 19.8 Å². The number of unbranched alkanes of at least 4 members (excludes halogenated alkanes) is 1. The summed E-state index contributed by atoms with van der Waals surface area (Å²) >= 11 is 1.75. The van der Waals surface area contributed by atoms with Crippen molar-refractivity contribution in [1.82, 2.24) is 0 Å². The fraction of sp³-hybridized carbons (Fsp3) is 0.588. The predicted octanol–water partition coefficient (Wildman–Crippen LogP) is 3.88. The van der Waals surface area contributed by atoms with Gasteiger partial charge in [-0.3, -0.25) is 0 Å². The van der Waals surface area contributed by atoms with E-state index in [0.29, 0.717) is 0 Å². The zero-order valence-electron chi connectivity index (χ0n) is 15.0. The van der Waals surface area contributed by atoms with E-state index < -0.39 is 8.80 Å². The molecule has 1 heterocycles. The molecule has 0 N–H and O–H groups in total. The zero-order chi connectivity index (χ0) is 17.4. The highest BCUT2D eigenvalue weighted by Crippen LogP contribution is 2.24. The van der Waals surface area contributed by atoms with Crippen molar-refractivity contribution < 1.29 is 22.3 Å². The summed E-state index contributed by atoms with van der Waals surface area (Å²) in [4.78, 5) is 0. The van der Waals surface area contributed by atoms with Gasteiger partial charge in [0.2, 0.25) is 5.58 Å². The standard InChI is InChI=1S/C17H28NO4SSi/c1-5-6-12-18-15-10-7-8-11-16(15)22-17(18)23-13-9-14-24(19-2,20-3)21-4/h7-8,10-11H,5-6,9,12-14H2,1-4H3/q+1. The average Bonchev–Trinajstić information content (AvgIpc) is 2.98. The number of oxazole rings is 1. The maximum atomic E-state index is 6.05. The van der Waals surface area contributed by atoms with E-state index in [9.17, 15) is 0 Å². The van der Waals surface area contributed by atoms with Gasteiger partial charge in [0.1, 0.15) is 0 Å². The molecular weight excluding hydrogens is 342 g/mol. The van der Waals surface area contributed by atoms with E-state index in [4.69, 9.17) is 17.7 Å². The van der Waals surface area contributed by atoms with Crippen molar-refractivity contribution in [2.24, 2.45) is 0 Å². The van der Waals surface area contributed by atoms with Gasteiger partial charge in [-0.25, -0.2) is 0 Å². The Balaban J connectivity index is 2.01. The Hall–Kier alpha value is -0.863. The summed E-state index contributed by atoms with van der Waals surface area (Å²) in [5.41, 5.74) is 2.12. The van der Waals surface area contributed by atoms with Crippen LogP contribution in [0.25, 0.3) is 11.1 Å². The van der Waals surface area contributed by atoms with Crippen molar-refractivity contribution in [2.75, 3.05) is 27.1 Å². The molecule has 0 spiro atoms. The molecule has 0 aliphatic heterocycles. The van der Waals surface area contributed by atoms with E-state index >= 15 is 0 Å². The number of hydrogen-bond donors (Lipinski definition) is 0. The smallest absolute Gasteiger partial charge is 0.393 e. The van der Waals surface area contributed by atoms with E-state index in [-0.39, 0.29) is 0 Å². The number of para-hydroxylation sites is 2. The molecule has 0 aliphatic carbocycles. The first-order valence-electron chi connectivity index (χ1n) is 8.39. The van der Waals surface area contributed by atoms with E-state index in [2.05, 4.69) is 23.6 Å². The normalized spacial score (nSPS) is 12.2. The monoisotopic (exact) mass is 370 g/mol. The Bertz CT molecular complexity index is 622. The van der Waals surface area contributed by atoms with Crippen LogP contribution < -0.4 is 4.57 Å². The Labute approximate surface area is 149 Å². The third kappa shape index (κ3) is 4.61. The molecule has 1 aromatic heterocycles. The molecule has 0 unspecified atom stereocenters. The quantitative estimate of drug-likeness (QED) is 0.260. The highest BCUT2D eigenvalue weighted by atomic mass is 32.2. The second-order valence-electron chi connectivity index (χ2n) is 5.59. The van der Waals surface area contributed by atoms with Crippen molar-refractivity contribution in [2.45, 2.75) is 44.0 Å². The lowest BCUT2D eigenvalue weighted by molar-refractivity contribution is -0.716. The Kier molecular flexibility index (Phi) is 7.77. The van der Waals surface area contributed by atoms with Crippen molar-refractivity contribution in [3.63, 3.8) is 0 Å². The number of hydrogen-bond acceptors (Lipinski definition) is 5. The third-order valence-electron chi connectivity index (χ3n) is 4.09. The van der Waals surface area contributed by atoms with Gasteiger partial charge in [-0.15, -0.1) is 0 Å². The Morgan fingerprint density at radius 3 is 2.46 bits per heavy atom. The molecule has 2 rings (SSSR count). The van der Waals surface area contributed by atoms with Crippen LogP contribution in [0.15, 0.2) is 33.9 Å². The summed E-state index contributed by atoms with van der Waals surface area (Å²) in [7, 11) is 2.50. The van der Waals surface area contributed by atoms with Crippen molar-refractivity contribution >= 4 is 31.7 Å². The minimum absolute atomic E-state index is 0.804. The largest absolute Gasteiger partial charge is 0.500 e. The maximum Gasteiger partial charge on any atom is 0.500 e. The number of benzene rings is 1. The molecule has 0 fully saturated rings. The van der Waals surface area contributed by atoms with Gasteiger partial charge < -0.3 is 17.7 Å². The van der Waals surface area contributed by atoms with Gasteiger partial charge in [0.25, 0.3) is 5.52 Å². The minimum atomic E-state index is -2.47. The molecule has 0 aliphatic rings. The number of rotatable bonds is 11. The van der Waals surface area contributed by atoms with Crippen molar-refractivity contribution in [3.8, 4) is 0 Å². The average molecular weight is 371 g/mol. The Morgan fingerprint density at radius 1 is 1.08 bits per heavy atom. The lowest BCUT2D eigenvalue weighted by atomic mass is 10.3. The molecule has 0 bridgehead atoms. The molecule has 2 aromatic rings. The summed E-state index contributed by atoms with van der Waals surface area (Å²) in [6.07, 6.45) is 3.27. The van der Waals surface area contributed by atoms with E-state index in [0.717, 1.165) is 42.0 Å². The van der Waals surface area contributed by atoms with Gasteiger partial charge in [0.05, 0.1) is 0 Å². The molecule has 1 aromatic carbocycles. The Morgan fingerprint density at radius 2 is 1.79 bits per heavy atom. The number of fused-ring (bicyclic) bond motifs is 1. The number of thioether (sulfide) groups is 1. The molecule has 0 atom stereocenters. The summed E-state index contributed by atoms with van der Waals surface area (Å²) in [5, 5.41) is 0.976. The van der Waals surface area contributed by atoms with Crippen LogP contribution in [0.3, 0.4) is 0 Å². The molecule has 134 valence electrons. The molecule has 7 heteroatoms. The maximum absolute atomic E-state index is 6.05. The van der Waals surface area contributed by atoms with E-state index in [1.54, 1.807) is 33.1 Å². The van der Waals surface area contributed by atoms with Crippen molar-refractivity contribution in [1.29, 1.82) is 0 Å². The number of nitrogens with zero attached hydrogens (tertiary/aromatic N) is 1. The highest BCUT2D eigenvalue weighted by molar-refractivity contribution is 7.98. The summed E-state index contributed by atoms with van der Waals surface area (Å²) in [5.74, 6) is 0.941. The molecule has 24 heavy (non-hydrogen) atoms. The number of aromatic nitrogens is 1. The first kappa shape index (κ1) is 19.5. The summed E-state index contributed by atoms with van der Waals surface area (Å²) < 4.78 is 24.7. The lowest BCUT2D eigenvalue weighted by Crippen LogP contribution is -2.42. The van der Waals surface area contributed by atoms with E-state index in [1.165, 1.54) is 11.9 Å². The van der Waals surface area contributed by atoms with Crippen LogP contribution >= 0.6 is 11.8 Å².